The van der Waals surface area contributed by atoms with Crippen LogP contribution in [0.25, 0.3) is 0 Å². The highest BCUT2D eigenvalue weighted by molar-refractivity contribution is 6.02. The zero-order valence-electron chi connectivity index (χ0n) is 13.9. The van der Waals surface area contributed by atoms with E-state index in [-0.39, 0.29) is 23.8 Å². The highest BCUT2D eigenvalue weighted by Gasteiger charge is 2.30. The standard InChI is InChI=1S/C18H25N3O2/c1-12(2)19-18(23)15-11-14(20-17(22)13-5-6-13)7-8-16(15)21-9-3-4-10-21/h7-8,11-13H,3-6,9-10H2,1-2H3,(H,19,23)(H,20,22). The van der Waals surface area contributed by atoms with Gasteiger partial charge in [0.15, 0.2) is 0 Å². The summed E-state index contributed by atoms with van der Waals surface area (Å²) in [6.45, 7) is 5.86. The van der Waals surface area contributed by atoms with Gasteiger partial charge in [0.1, 0.15) is 0 Å². The summed E-state index contributed by atoms with van der Waals surface area (Å²) in [5.74, 6) is 0.139. The van der Waals surface area contributed by atoms with Crippen molar-refractivity contribution in [3.05, 3.63) is 23.8 Å². The first-order valence-corrected chi connectivity index (χ1v) is 8.55. The SMILES string of the molecule is CC(C)NC(=O)c1cc(NC(=O)C2CC2)ccc1N1CCCC1. The van der Waals surface area contributed by atoms with Crippen molar-refractivity contribution in [1.82, 2.24) is 5.32 Å². The molecule has 1 heterocycles. The van der Waals surface area contributed by atoms with E-state index in [1.54, 1.807) is 0 Å². The van der Waals surface area contributed by atoms with Crippen LogP contribution in [0.1, 0.15) is 49.9 Å². The largest absolute Gasteiger partial charge is 0.371 e. The fourth-order valence-corrected chi connectivity index (χ4v) is 2.96. The molecular formula is C18H25N3O2. The average Bonchev–Trinajstić information content (AvgIpc) is 3.22. The molecule has 0 atom stereocenters. The van der Waals surface area contributed by atoms with Crippen LogP contribution in [0.5, 0.6) is 0 Å². The Kier molecular flexibility index (Phi) is 4.55. The molecular weight excluding hydrogens is 290 g/mol. The maximum absolute atomic E-state index is 12.6. The topological polar surface area (TPSA) is 61.4 Å². The number of nitrogens with one attached hydrogen (secondary N) is 2. The van der Waals surface area contributed by atoms with Gasteiger partial charge in [0.05, 0.1) is 5.56 Å². The maximum Gasteiger partial charge on any atom is 0.253 e. The average molecular weight is 315 g/mol. The number of hydrogen-bond acceptors (Lipinski definition) is 3. The van der Waals surface area contributed by atoms with Gasteiger partial charge in [0.25, 0.3) is 5.91 Å². The monoisotopic (exact) mass is 315 g/mol. The van der Waals surface area contributed by atoms with Gasteiger partial charge in [-0.05, 0) is 57.7 Å². The predicted molar refractivity (Wildman–Crippen MR) is 91.8 cm³/mol. The smallest absolute Gasteiger partial charge is 0.253 e. The van der Waals surface area contributed by atoms with E-state index in [4.69, 9.17) is 0 Å². The fraction of sp³-hybridized carbons (Fsp3) is 0.556. The summed E-state index contributed by atoms with van der Waals surface area (Å²) < 4.78 is 0. The lowest BCUT2D eigenvalue weighted by molar-refractivity contribution is -0.117. The highest BCUT2D eigenvalue weighted by atomic mass is 16.2. The summed E-state index contributed by atoms with van der Waals surface area (Å²) in [5.41, 5.74) is 2.32. The van der Waals surface area contributed by atoms with Crippen LogP contribution in [-0.2, 0) is 4.79 Å². The second kappa shape index (κ2) is 6.60. The van der Waals surface area contributed by atoms with Crippen LogP contribution in [0.15, 0.2) is 18.2 Å². The number of benzene rings is 1. The molecule has 2 amide bonds. The molecule has 1 aliphatic carbocycles. The summed E-state index contributed by atoms with van der Waals surface area (Å²) >= 11 is 0. The van der Waals surface area contributed by atoms with Crippen LogP contribution in [0.4, 0.5) is 11.4 Å². The van der Waals surface area contributed by atoms with Crippen LogP contribution < -0.4 is 15.5 Å². The molecule has 23 heavy (non-hydrogen) atoms. The third-order valence-electron chi connectivity index (χ3n) is 4.32. The van der Waals surface area contributed by atoms with Gasteiger partial charge in [-0.3, -0.25) is 9.59 Å². The maximum atomic E-state index is 12.6. The van der Waals surface area contributed by atoms with Gasteiger partial charge in [0, 0.05) is 36.4 Å². The molecule has 3 rings (SSSR count). The van der Waals surface area contributed by atoms with E-state index in [2.05, 4.69) is 15.5 Å². The van der Waals surface area contributed by atoms with E-state index >= 15 is 0 Å². The van der Waals surface area contributed by atoms with E-state index in [1.165, 1.54) is 0 Å². The van der Waals surface area contributed by atoms with Crippen molar-refractivity contribution in [2.75, 3.05) is 23.3 Å². The molecule has 2 fully saturated rings. The van der Waals surface area contributed by atoms with Crippen molar-refractivity contribution in [2.45, 2.75) is 45.6 Å². The predicted octanol–water partition coefficient (Wildman–Crippen LogP) is 2.77. The molecule has 0 radical (unpaired) electrons. The van der Waals surface area contributed by atoms with Gasteiger partial charge in [-0.1, -0.05) is 0 Å². The molecule has 2 aliphatic rings. The quantitative estimate of drug-likeness (QED) is 0.878. The Balaban J connectivity index is 1.85. The lowest BCUT2D eigenvalue weighted by atomic mass is 10.1. The van der Waals surface area contributed by atoms with Crippen LogP contribution in [0.2, 0.25) is 0 Å². The molecule has 5 nitrogen and oxygen atoms in total. The molecule has 1 aromatic rings. The Hall–Kier alpha value is -2.04. The van der Waals surface area contributed by atoms with E-state index in [1.807, 2.05) is 32.0 Å². The minimum absolute atomic E-state index is 0.0640. The molecule has 0 spiro atoms. The van der Waals surface area contributed by atoms with Crippen molar-refractivity contribution in [1.29, 1.82) is 0 Å². The zero-order valence-corrected chi connectivity index (χ0v) is 13.9. The third-order valence-corrected chi connectivity index (χ3v) is 4.32. The van der Waals surface area contributed by atoms with Gasteiger partial charge in [-0.15, -0.1) is 0 Å². The molecule has 1 saturated heterocycles. The minimum Gasteiger partial charge on any atom is -0.371 e. The first-order chi connectivity index (χ1) is 11.0. The molecule has 2 N–H and O–H groups in total. The lowest BCUT2D eigenvalue weighted by Gasteiger charge is -2.22. The van der Waals surface area contributed by atoms with Crippen molar-refractivity contribution >= 4 is 23.2 Å². The first-order valence-electron chi connectivity index (χ1n) is 8.55. The van der Waals surface area contributed by atoms with Crippen molar-refractivity contribution < 1.29 is 9.59 Å². The number of carbonyl (C=O) groups is 2. The van der Waals surface area contributed by atoms with Crippen LogP contribution in [0, 0.1) is 5.92 Å². The summed E-state index contributed by atoms with van der Waals surface area (Å²) in [6.07, 6.45) is 4.26. The molecule has 1 aromatic carbocycles. The number of hydrogen-bond donors (Lipinski definition) is 2. The van der Waals surface area contributed by atoms with Crippen LogP contribution in [-0.4, -0.2) is 30.9 Å². The molecule has 0 unspecified atom stereocenters. The Morgan fingerprint density at radius 3 is 2.48 bits per heavy atom. The third kappa shape index (κ3) is 3.84. The van der Waals surface area contributed by atoms with E-state index in [0.717, 1.165) is 44.5 Å². The van der Waals surface area contributed by atoms with E-state index < -0.39 is 0 Å². The van der Waals surface area contributed by atoms with E-state index in [0.29, 0.717) is 11.3 Å². The zero-order chi connectivity index (χ0) is 16.4. The molecule has 124 valence electrons. The Morgan fingerprint density at radius 2 is 1.87 bits per heavy atom. The Bertz CT molecular complexity index is 602. The van der Waals surface area contributed by atoms with Crippen molar-refractivity contribution in [2.24, 2.45) is 5.92 Å². The summed E-state index contributed by atoms with van der Waals surface area (Å²) in [5, 5.41) is 5.89. The van der Waals surface area contributed by atoms with Gasteiger partial charge >= 0.3 is 0 Å². The number of anilines is 2. The van der Waals surface area contributed by atoms with Crippen molar-refractivity contribution in [3.8, 4) is 0 Å². The van der Waals surface area contributed by atoms with Crippen molar-refractivity contribution in [3.63, 3.8) is 0 Å². The second-order valence-corrected chi connectivity index (χ2v) is 6.82. The molecule has 0 bridgehead atoms. The number of nitrogens with zero attached hydrogens (tertiary/aromatic N) is 1. The number of rotatable bonds is 5. The molecule has 0 aromatic heterocycles. The minimum atomic E-state index is -0.0792. The highest BCUT2D eigenvalue weighted by Crippen LogP contribution is 2.32. The Labute approximate surface area is 137 Å². The second-order valence-electron chi connectivity index (χ2n) is 6.82. The van der Waals surface area contributed by atoms with Gasteiger partial charge in [-0.25, -0.2) is 0 Å². The van der Waals surface area contributed by atoms with E-state index in [9.17, 15) is 9.59 Å². The first kappa shape index (κ1) is 15.8. The number of carbonyl (C=O) groups excluding carboxylic acids is 2. The Morgan fingerprint density at radius 1 is 1.17 bits per heavy atom. The normalized spacial score (nSPS) is 17.4. The molecule has 1 aliphatic heterocycles. The summed E-state index contributed by atoms with van der Waals surface area (Å²) in [4.78, 5) is 26.8. The summed E-state index contributed by atoms with van der Waals surface area (Å²) in [7, 11) is 0. The molecule has 5 heteroatoms. The number of amides is 2. The molecule has 1 saturated carbocycles. The summed E-state index contributed by atoms with van der Waals surface area (Å²) in [6, 6.07) is 5.76. The van der Waals surface area contributed by atoms with Crippen LogP contribution >= 0.6 is 0 Å². The van der Waals surface area contributed by atoms with Gasteiger partial charge < -0.3 is 15.5 Å². The van der Waals surface area contributed by atoms with Gasteiger partial charge in [0.2, 0.25) is 5.91 Å². The van der Waals surface area contributed by atoms with Crippen LogP contribution in [0.3, 0.4) is 0 Å². The van der Waals surface area contributed by atoms with Gasteiger partial charge in [-0.2, -0.15) is 0 Å². The fourth-order valence-electron chi connectivity index (χ4n) is 2.96. The lowest BCUT2D eigenvalue weighted by Crippen LogP contribution is -2.32.